The standard InChI is InChI=1S/C23H24N2O2/c1-4-25(21-13-6-5-10-18(21)3)23(27)20-12-8-14-24(22(20)26)16-19-11-7-9-17(2)15-19/h5-15H,4,16H2,1-3H3. The minimum absolute atomic E-state index is 0.190. The summed E-state index contributed by atoms with van der Waals surface area (Å²) in [6.07, 6.45) is 1.73. The van der Waals surface area contributed by atoms with Crippen LogP contribution in [0.4, 0.5) is 5.69 Å². The fourth-order valence-electron chi connectivity index (χ4n) is 3.27. The summed E-state index contributed by atoms with van der Waals surface area (Å²) in [6.45, 7) is 6.84. The zero-order valence-corrected chi connectivity index (χ0v) is 16.0. The van der Waals surface area contributed by atoms with Crippen molar-refractivity contribution >= 4 is 11.6 Å². The van der Waals surface area contributed by atoms with E-state index in [0.29, 0.717) is 13.1 Å². The first kappa shape index (κ1) is 18.6. The summed E-state index contributed by atoms with van der Waals surface area (Å²) in [6, 6.07) is 19.1. The van der Waals surface area contributed by atoms with Gasteiger partial charge in [0.1, 0.15) is 5.56 Å². The van der Waals surface area contributed by atoms with Crippen LogP contribution < -0.4 is 10.5 Å². The van der Waals surface area contributed by atoms with Gasteiger partial charge < -0.3 is 9.47 Å². The molecule has 1 aromatic heterocycles. The number of para-hydroxylation sites is 1. The van der Waals surface area contributed by atoms with Gasteiger partial charge in [0.15, 0.2) is 0 Å². The molecule has 0 spiro atoms. The fourth-order valence-corrected chi connectivity index (χ4v) is 3.27. The van der Waals surface area contributed by atoms with Gasteiger partial charge in [-0.15, -0.1) is 0 Å². The number of carbonyl (C=O) groups excluding carboxylic acids is 1. The molecule has 0 bridgehead atoms. The van der Waals surface area contributed by atoms with E-state index >= 15 is 0 Å². The summed E-state index contributed by atoms with van der Waals surface area (Å²) in [4.78, 5) is 27.7. The predicted molar refractivity (Wildman–Crippen MR) is 110 cm³/mol. The second kappa shape index (κ2) is 8.04. The topological polar surface area (TPSA) is 42.3 Å². The summed E-state index contributed by atoms with van der Waals surface area (Å²) in [5.74, 6) is -0.268. The first-order valence-corrected chi connectivity index (χ1v) is 9.13. The highest BCUT2D eigenvalue weighted by Gasteiger charge is 2.21. The number of benzene rings is 2. The Morgan fingerprint density at radius 2 is 1.78 bits per heavy atom. The van der Waals surface area contributed by atoms with E-state index in [4.69, 9.17) is 0 Å². The maximum absolute atomic E-state index is 13.1. The van der Waals surface area contributed by atoms with Crippen LogP contribution in [0, 0.1) is 13.8 Å². The first-order chi connectivity index (χ1) is 13.0. The Labute approximate surface area is 159 Å². The maximum atomic E-state index is 13.1. The molecular weight excluding hydrogens is 336 g/mol. The Balaban J connectivity index is 1.96. The summed E-state index contributed by atoms with van der Waals surface area (Å²) in [7, 11) is 0. The monoisotopic (exact) mass is 360 g/mol. The number of anilines is 1. The number of nitrogens with zero attached hydrogens (tertiary/aromatic N) is 2. The van der Waals surface area contributed by atoms with Crippen molar-refractivity contribution in [2.45, 2.75) is 27.3 Å². The zero-order chi connectivity index (χ0) is 19.4. The van der Waals surface area contributed by atoms with Crippen LogP contribution in [0.25, 0.3) is 0 Å². The Hall–Kier alpha value is -3.14. The molecule has 1 amide bonds. The number of hydrogen-bond donors (Lipinski definition) is 0. The lowest BCUT2D eigenvalue weighted by molar-refractivity contribution is 0.0986. The first-order valence-electron chi connectivity index (χ1n) is 9.13. The van der Waals surface area contributed by atoms with E-state index in [-0.39, 0.29) is 17.0 Å². The lowest BCUT2D eigenvalue weighted by Crippen LogP contribution is -2.37. The second-order valence-electron chi connectivity index (χ2n) is 6.68. The van der Waals surface area contributed by atoms with Crippen LogP contribution in [0.1, 0.15) is 34.0 Å². The SMILES string of the molecule is CCN(C(=O)c1cccn(Cc2cccc(C)c2)c1=O)c1ccccc1C. The van der Waals surface area contributed by atoms with E-state index in [9.17, 15) is 9.59 Å². The molecule has 0 unspecified atom stereocenters. The van der Waals surface area contributed by atoms with Crippen molar-refractivity contribution in [3.8, 4) is 0 Å². The van der Waals surface area contributed by atoms with Crippen LogP contribution in [-0.2, 0) is 6.54 Å². The number of amides is 1. The molecule has 138 valence electrons. The van der Waals surface area contributed by atoms with Crippen LogP contribution in [0.2, 0.25) is 0 Å². The second-order valence-corrected chi connectivity index (χ2v) is 6.68. The predicted octanol–water partition coefficient (Wildman–Crippen LogP) is 4.18. The Bertz CT molecular complexity index is 1020. The van der Waals surface area contributed by atoms with Crippen molar-refractivity contribution in [2.75, 3.05) is 11.4 Å². The highest BCUT2D eigenvalue weighted by molar-refractivity contribution is 6.06. The highest BCUT2D eigenvalue weighted by Crippen LogP contribution is 2.20. The molecule has 4 nitrogen and oxygen atoms in total. The van der Waals surface area contributed by atoms with E-state index in [1.807, 2.05) is 69.3 Å². The number of pyridine rings is 1. The van der Waals surface area contributed by atoms with Crippen LogP contribution in [0.3, 0.4) is 0 Å². The van der Waals surface area contributed by atoms with E-state index < -0.39 is 0 Å². The minimum Gasteiger partial charge on any atom is -0.310 e. The van der Waals surface area contributed by atoms with E-state index in [0.717, 1.165) is 22.4 Å². The van der Waals surface area contributed by atoms with Crippen LogP contribution >= 0.6 is 0 Å². The minimum atomic E-state index is -0.268. The van der Waals surface area contributed by atoms with E-state index in [1.54, 1.807) is 27.8 Å². The molecule has 1 heterocycles. The molecule has 0 fully saturated rings. The molecule has 0 N–H and O–H groups in total. The average Bonchev–Trinajstić information content (AvgIpc) is 2.65. The largest absolute Gasteiger partial charge is 0.310 e. The van der Waals surface area contributed by atoms with Crippen molar-refractivity contribution in [3.05, 3.63) is 99.5 Å². The van der Waals surface area contributed by atoms with Crippen molar-refractivity contribution in [1.82, 2.24) is 4.57 Å². The van der Waals surface area contributed by atoms with Gasteiger partial charge in [0.25, 0.3) is 11.5 Å². The molecule has 0 radical (unpaired) electrons. The molecule has 0 aliphatic carbocycles. The number of aryl methyl sites for hydroxylation is 2. The highest BCUT2D eigenvalue weighted by atomic mass is 16.2. The van der Waals surface area contributed by atoms with Crippen LogP contribution in [-0.4, -0.2) is 17.0 Å². The third-order valence-corrected chi connectivity index (χ3v) is 4.65. The molecule has 27 heavy (non-hydrogen) atoms. The smallest absolute Gasteiger partial charge is 0.263 e. The molecule has 0 saturated carbocycles. The van der Waals surface area contributed by atoms with Gasteiger partial charge in [0, 0.05) is 18.4 Å². The number of carbonyl (C=O) groups is 1. The average molecular weight is 360 g/mol. The van der Waals surface area contributed by atoms with Crippen LogP contribution in [0.5, 0.6) is 0 Å². The zero-order valence-electron chi connectivity index (χ0n) is 16.0. The van der Waals surface area contributed by atoms with Gasteiger partial charge >= 0.3 is 0 Å². The summed E-state index contributed by atoms with van der Waals surface area (Å²) in [5.41, 5.74) is 3.94. The van der Waals surface area contributed by atoms with Gasteiger partial charge in [0.05, 0.1) is 6.54 Å². The van der Waals surface area contributed by atoms with Gasteiger partial charge in [-0.05, 0) is 50.1 Å². The summed E-state index contributed by atoms with van der Waals surface area (Å²) < 4.78 is 1.59. The van der Waals surface area contributed by atoms with Crippen molar-refractivity contribution in [2.24, 2.45) is 0 Å². The quantitative estimate of drug-likeness (QED) is 0.685. The van der Waals surface area contributed by atoms with Gasteiger partial charge in [-0.2, -0.15) is 0 Å². The Morgan fingerprint density at radius 1 is 1.00 bits per heavy atom. The molecule has 4 heteroatoms. The fraction of sp³-hybridized carbons (Fsp3) is 0.217. The third kappa shape index (κ3) is 4.00. The third-order valence-electron chi connectivity index (χ3n) is 4.65. The molecule has 0 aliphatic heterocycles. The van der Waals surface area contributed by atoms with Gasteiger partial charge in [-0.3, -0.25) is 9.59 Å². The van der Waals surface area contributed by atoms with Gasteiger partial charge in [-0.1, -0.05) is 48.0 Å². The van der Waals surface area contributed by atoms with Crippen molar-refractivity contribution in [3.63, 3.8) is 0 Å². The normalized spacial score (nSPS) is 10.6. The van der Waals surface area contributed by atoms with Gasteiger partial charge in [0.2, 0.25) is 0 Å². The van der Waals surface area contributed by atoms with Crippen LogP contribution in [0.15, 0.2) is 71.7 Å². The summed E-state index contributed by atoms with van der Waals surface area (Å²) >= 11 is 0. The Kier molecular flexibility index (Phi) is 5.55. The maximum Gasteiger partial charge on any atom is 0.263 e. The lowest BCUT2D eigenvalue weighted by Gasteiger charge is -2.23. The molecule has 3 aromatic rings. The summed E-state index contributed by atoms with van der Waals surface area (Å²) in [5, 5.41) is 0. The molecule has 0 aliphatic rings. The Morgan fingerprint density at radius 3 is 2.48 bits per heavy atom. The van der Waals surface area contributed by atoms with E-state index in [1.165, 1.54) is 0 Å². The van der Waals surface area contributed by atoms with Crippen molar-refractivity contribution < 1.29 is 4.79 Å². The number of aromatic nitrogens is 1. The molecule has 2 aromatic carbocycles. The van der Waals surface area contributed by atoms with E-state index in [2.05, 4.69) is 0 Å². The van der Waals surface area contributed by atoms with Crippen molar-refractivity contribution in [1.29, 1.82) is 0 Å². The molecular formula is C23H24N2O2. The molecule has 3 rings (SSSR count). The van der Waals surface area contributed by atoms with Gasteiger partial charge in [-0.25, -0.2) is 0 Å². The molecule has 0 atom stereocenters. The number of rotatable bonds is 5. The lowest BCUT2D eigenvalue weighted by atomic mass is 10.1. The molecule has 0 saturated heterocycles. The number of hydrogen-bond acceptors (Lipinski definition) is 2.